The number of piperazine rings is 1. The highest BCUT2D eigenvalue weighted by molar-refractivity contribution is 5.73. The third-order valence-electron chi connectivity index (χ3n) is 5.14. The molecule has 29 heavy (non-hydrogen) atoms. The Labute approximate surface area is 170 Å². The highest BCUT2D eigenvalue weighted by Gasteiger charge is 2.21. The number of benzene rings is 2. The summed E-state index contributed by atoms with van der Waals surface area (Å²) in [4.78, 5) is 20.4. The maximum absolute atomic E-state index is 11.5. The molecule has 4 rings (SSSR count). The smallest absolute Gasteiger partial charge is 0.226 e. The van der Waals surface area contributed by atoms with Crippen molar-refractivity contribution in [2.24, 2.45) is 0 Å². The molecule has 3 aromatic rings. The average molecular weight is 391 g/mol. The van der Waals surface area contributed by atoms with Gasteiger partial charge in [-0.05, 0) is 37.3 Å². The number of carbonyl (C=O) groups excluding carboxylic acids is 1. The molecule has 1 aliphatic rings. The van der Waals surface area contributed by atoms with E-state index in [-0.39, 0.29) is 5.91 Å². The minimum Gasteiger partial charge on any atom is -0.457 e. The van der Waals surface area contributed by atoms with E-state index in [4.69, 9.17) is 14.1 Å². The Morgan fingerprint density at radius 2 is 1.76 bits per heavy atom. The fourth-order valence-corrected chi connectivity index (χ4v) is 3.45. The van der Waals surface area contributed by atoms with E-state index in [1.807, 2.05) is 66.4 Å². The second-order valence-electron chi connectivity index (χ2n) is 7.25. The number of aromatic nitrogens is 1. The number of nitrogens with zero attached hydrogens (tertiary/aromatic N) is 3. The van der Waals surface area contributed by atoms with Crippen molar-refractivity contribution < 1.29 is 13.9 Å². The molecule has 1 saturated heterocycles. The summed E-state index contributed by atoms with van der Waals surface area (Å²) in [6, 6.07) is 17.5. The summed E-state index contributed by atoms with van der Waals surface area (Å²) in [5.74, 6) is 3.09. The predicted octanol–water partition coefficient (Wildman–Crippen LogP) is 4.11. The maximum atomic E-state index is 11.5. The maximum Gasteiger partial charge on any atom is 0.226 e. The van der Waals surface area contributed by atoms with E-state index in [0.717, 1.165) is 61.2 Å². The molecule has 0 spiro atoms. The lowest BCUT2D eigenvalue weighted by molar-refractivity contribution is -0.130. The van der Waals surface area contributed by atoms with Gasteiger partial charge >= 0.3 is 0 Å². The first-order chi connectivity index (χ1) is 14.1. The first-order valence-corrected chi connectivity index (χ1v) is 9.86. The van der Waals surface area contributed by atoms with Crippen LogP contribution in [0.15, 0.2) is 59.0 Å². The summed E-state index contributed by atoms with van der Waals surface area (Å²) < 4.78 is 11.9. The van der Waals surface area contributed by atoms with Gasteiger partial charge in [0.25, 0.3) is 0 Å². The highest BCUT2D eigenvalue weighted by atomic mass is 16.5. The zero-order chi connectivity index (χ0) is 20.2. The lowest BCUT2D eigenvalue weighted by Crippen LogP contribution is -2.47. The molecule has 1 aliphatic heterocycles. The molecule has 0 N–H and O–H groups in total. The summed E-state index contributed by atoms with van der Waals surface area (Å²) >= 11 is 0. The number of hydrogen-bond acceptors (Lipinski definition) is 5. The molecule has 2 heterocycles. The monoisotopic (exact) mass is 391 g/mol. The van der Waals surface area contributed by atoms with Crippen molar-refractivity contribution in [1.82, 2.24) is 14.8 Å². The molecule has 0 saturated carbocycles. The molecular weight excluding hydrogens is 366 g/mol. The predicted molar refractivity (Wildman–Crippen MR) is 111 cm³/mol. The van der Waals surface area contributed by atoms with E-state index in [1.54, 1.807) is 6.92 Å². The third kappa shape index (κ3) is 4.66. The molecule has 0 atom stereocenters. The van der Waals surface area contributed by atoms with Crippen molar-refractivity contribution in [2.75, 3.05) is 26.2 Å². The van der Waals surface area contributed by atoms with Gasteiger partial charge in [0.15, 0.2) is 0 Å². The minimum atomic E-state index is 0.141. The minimum absolute atomic E-state index is 0.141. The molecule has 2 aromatic carbocycles. The Morgan fingerprint density at radius 3 is 2.48 bits per heavy atom. The molecule has 6 nitrogen and oxygen atoms in total. The Kier molecular flexibility index (Phi) is 5.62. The van der Waals surface area contributed by atoms with Crippen LogP contribution >= 0.6 is 0 Å². The number of amides is 1. The van der Waals surface area contributed by atoms with Gasteiger partial charge in [0.1, 0.15) is 17.3 Å². The van der Waals surface area contributed by atoms with Gasteiger partial charge < -0.3 is 14.1 Å². The van der Waals surface area contributed by atoms with Crippen LogP contribution in [0.2, 0.25) is 0 Å². The molecule has 150 valence electrons. The van der Waals surface area contributed by atoms with Crippen LogP contribution in [0.1, 0.15) is 18.4 Å². The molecular formula is C23H25N3O3. The number of rotatable bonds is 5. The first kappa shape index (κ1) is 19.2. The number of ether oxygens (including phenoxy) is 1. The van der Waals surface area contributed by atoms with Crippen LogP contribution in [0.3, 0.4) is 0 Å². The number of para-hydroxylation sites is 1. The summed E-state index contributed by atoms with van der Waals surface area (Å²) in [5, 5.41) is 0. The van der Waals surface area contributed by atoms with E-state index in [2.05, 4.69) is 4.90 Å². The van der Waals surface area contributed by atoms with Gasteiger partial charge in [-0.2, -0.15) is 0 Å². The zero-order valence-corrected chi connectivity index (χ0v) is 16.8. The molecule has 0 bridgehead atoms. The van der Waals surface area contributed by atoms with Gasteiger partial charge in [-0.25, -0.2) is 4.98 Å². The molecule has 1 amide bonds. The molecule has 1 fully saturated rings. The third-order valence-corrected chi connectivity index (χ3v) is 5.14. The van der Waals surface area contributed by atoms with Crippen LogP contribution in [-0.2, 0) is 11.3 Å². The Hall–Kier alpha value is -3.12. The van der Waals surface area contributed by atoms with Crippen molar-refractivity contribution in [2.45, 2.75) is 20.4 Å². The average Bonchev–Trinajstić information content (AvgIpc) is 3.10. The number of aryl methyl sites for hydroxylation is 1. The zero-order valence-electron chi connectivity index (χ0n) is 16.8. The molecule has 6 heteroatoms. The van der Waals surface area contributed by atoms with Gasteiger partial charge in [0.2, 0.25) is 11.8 Å². The van der Waals surface area contributed by atoms with E-state index in [9.17, 15) is 4.79 Å². The summed E-state index contributed by atoms with van der Waals surface area (Å²) in [7, 11) is 0. The van der Waals surface area contributed by atoms with Crippen LogP contribution < -0.4 is 4.74 Å². The van der Waals surface area contributed by atoms with Crippen LogP contribution in [0, 0.1) is 6.92 Å². The topological polar surface area (TPSA) is 58.8 Å². The largest absolute Gasteiger partial charge is 0.457 e. The van der Waals surface area contributed by atoms with Crippen molar-refractivity contribution in [1.29, 1.82) is 0 Å². The van der Waals surface area contributed by atoms with Crippen molar-refractivity contribution >= 4 is 5.91 Å². The fraction of sp³-hybridized carbons (Fsp3) is 0.304. The molecule has 0 aliphatic carbocycles. The Morgan fingerprint density at radius 1 is 1.03 bits per heavy atom. The fourth-order valence-electron chi connectivity index (χ4n) is 3.45. The first-order valence-electron chi connectivity index (χ1n) is 9.86. The summed E-state index contributed by atoms with van der Waals surface area (Å²) in [6.07, 6.45) is 0. The van der Waals surface area contributed by atoms with Gasteiger partial charge in [0, 0.05) is 45.2 Å². The quantitative estimate of drug-likeness (QED) is 0.655. The molecule has 0 unspecified atom stereocenters. The second-order valence-corrected chi connectivity index (χ2v) is 7.25. The van der Waals surface area contributed by atoms with Crippen molar-refractivity contribution in [3.05, 3.63) is 66.1 Å². The lowest BCUT2D eigenvalue weighted by Gasteiger charge is -2.33. The van der Waals surface area contributed by atoms with E-state index < -0.39 is 0 Å². The number of hydrogen-bond donors (Lipinski definition) is 0. The molecule has 0 radical (unpaired) electrons. The Bertz CT molecular complexity index is 976. The van der Waals surface area contributed by atoms with E-state index in [0.29, 0.717) is 5.89 Å². The van der Waals surface area contributed by atoms with E-state index >= 15 is 0 Å². The SMILES string of the molecule is CC(=O)N1CCN(Cc2nc(-c3cccc(Oc4ccccc4)c3)oc2C)CC1. The van der Waals surface area contributed by atoms with Crippen LogP contribution in [0.25, 0.3) is 11.5 Å². The second kappa shape index (κ2) is 8.49. The van der Waals surface area contributed by atoms with Crippen molar-refractivity contribution in [3.63, 3.8) is 0 Å². The van der Waals surface area contributed by atoms with Gasteiger partial charge in [0.05, 0.1) is 5.69 Å². The standard InChI is InChI=1S/C23H25N3O3/c1-17-22(16-25-11-13-26(14-12-25)18(2)27)24-23(28-17)19-7-6-10-21(15-19)29-20-8-4-3-5-9-20/h3-10,15H,11-14,16H2,1-2H3. The lowest BCUT2D eigenvalue weighted by atomic mass is 10.2. The van der Waals surface area contributed by atoms with Crippen LogP contribution in [0.5, 0.6) is 11.5 Å². The summed E-state index contributed by atoms with van der Waals surface area (Å²) in [5.41, 5.74) is 1.82. The van der Waals surface area contributed by atoms with Gasteiger partial charge in [-0.3, -0.25) is 9.69 Å². The van der Waals surface area contributed by atoms with E-state index in [1.165, 1.54) is 0 Å². The molecule has 1 aromatic heterocycles. The van der Waals surface area contributed by atoms with Crippen LogP contribution in [-0.4, -0.2) is 46.9 Å². The van der Waals surface area contributed by atoms with Gasteiger partial charge in [-0.1, -0.05) is 24.3 Å². The number of carbonyl (C=O) groups is 1. The summed E-state index contributed by atoms with van der Waals surface area (Å²) in [6.45, 7) is 7.52. The van der Waals surface area contributed by atoms with Crippen molar-refractivity contribution in [3.8, 4) is 23.0 Å². The highest BCUT2D eigenvalue weighted by Crippen LogP contribution is 2.28. The van der Waals surface area contributed by atoms with Gasteiger partial charge in [-0.15, -0.1) is 0 Å². The Balaban J connectivity index is 1.45. The van der Waals surface area contributed by atoms with Crippen LogP contribution in [0.4, 0.5) is 0 Å². The number of oxazole rings is 1. The normalized spacial score (nSPS) is 14.8.